The van der Waals surface area contributed by atoms with Crippen molar-refractivity contribution in [3.05, 3.63) is 70.7 Å². The summed E-state index contributed by atoms with van der Waals surface area (Å²) in [6.45, 7) is 3.47. The van der Waals surface area contributed by atoms with Crippen molar-refractivity contribution in [1.29, 1.82) is 0 Å². The maximum atomic E-state index is 14.2. The number of aryl methyl sites for hydroxylation is 2. The topological polar surface area (TPSA) is 50.3 Å². The molecule has 0 unspecified atom stereocenters. The van der Waals surface area contributed by atoms with Crippen LogP contribution in [0.2, 0.25) is 0 Å². The van der Waals surface area contributed by atoms with Gasteiger partial charge in [0.2, 0.25) is 0 Å². The van der Waals surface area contributed by atoms with Gasteiger partial charge in [0.25, 0.3) is 11.8 Å². The molecule has 5 heteroatoms. The number of fused-ring (bicyclic) bond motifs is 3. The summed E-state index contributed by atoms with van der Waals surface area (Å²) in [7, 11) is 0. The molecule has 1 aromatic heterocycles. The maximum Gasteiger partial charge on any atom is 0.268 e. The van der Waals surface area contributed by atoms with Crippen molar-refractivity contribution in [2.24, 2.45) is 0 Å². The third-order valence-electron chi connectivity index (χ3n) is 4.25. The van der Waals surface area contributed by atoms with Crippen LogP contribution >= 0.6 is 0 Å². The quantitative estimate of drug-likeness (QED) is 0.641. The fourth-order valence-electron chi connectivity index (χ4n) is 3.15. The molecule has 3 aromatic rings. The lowest BCUT2D eigenvalue weighted by atomic mass is 10.0. The van der Waals surface area contributed by atoms with E-state index in [1.807, 2.05) is 6.07 Å². The molecule has 118 valence electrons. The van der Waals surface area contributed by atoms with Crippen LogP contribution in [0.4, 0.5) is 10.1 Å². The molecular formula is C19H13FN2O2. The van der Waals surface area contributed by atoms with Crippen LogP contribution in [-0.2, 0) is 0 Å². The van der Waals surface area contributed by atoms with Crippen LogP contribution in [0.5, 0.6) is 0 Å². The molecule has 24 heavy (non-hydrogen) atoms. The summed E-state index contributed by atoms with van der Waals surface area (Å²) in [6.07, 6.45) is 0. The Balaban J connectivity index is 2.01. The Hall–Kier alpha value is -3.08. The fourth-order valence-corrected chi connectivity index (χ4v) is 3.15. The molecule has 0 bridgehead atoms. The number of benzene rings is 2. The van der Waals surface area contributed by atoms with Crippen LogP contribution < -0.4 is 4.90 Å². The first-order chi connectivity index (χ1) is 11.5. The summed E-state index contributed by atoms with van der Waals surface area (Å²) in [5, 5.41) is 0.604. The number of aromatic nitrogens is 1. The van der Waals surface area contributed by atoms with E-state index in [0.717, 1.165) is 10.5 Å². The molecule has 0 atom stereocenters. The Bertz CT molecular complexity index is 1040. The SMILES string of the molecule is Cc1ccc(F)c(N2C(=O)c3c(C)nc4ccccc4c3C2=O)c1. The average molecular weight is 320 g/mol. The van der Waals surface area contributed by atoms with Crippen molar-refractivity contribution >= 4 is 28.4 Å². The van der Waals surface area contributed by atoms with Gasteiger partial charge in [-0.2, -0.15) is 0 Å². The molecule has 2 amide bonds. The maximum absolute atomic E-state index is 14.2. The highest BCUT2D eigenvalue weighted by atomic mass is 19.1. The lowest BCUT2D eigenvalue weighted by Crippen LogP contribution is -2.30. The number of carbonyl (C=O) groups excluding carboxylic acids is 2. The standard InChI is InChI=1S/C19H13FN2O2/c1-10-7-8-13(20)15(9-10)22-18(23)16-11(2)21-14-6-4-3-5-12(14)17(16)19(22)24/h3-9H,1-2H3. The van der Waals surface area contributed by atoms with Crippen LogP contribution in [0.3, 0.4) is 0 Å². The number of halogens is 1. The van der Waals surface area contributed by atoms with Crippen molar-refractivity contribution in [3.63, 3.8) is 0 Å². The van der Waals surface area contributed by atoms with Crippen LogP contribution in [0, 0.1) is 19.7 Å². The molecule has 2 aromatic carbocycles. The number of pyridine rings is 1. The summed E-state index contributed by atoms with van der Waals surface area (Å²) >= 11 is 0. The Morgan fingerprint density at radius 2 is 1.67 bits per heavy atom. The first-order valence-electron chi connectivity index (χ1n) is 7.53. The van der Waals surface area contributed by atoms with Crippen LogP contribution in [0.15, 0.2) is 42.5 Å². The van der Waals surface area contributed by atoms with Crippen LogP contribution in [0.25, 0.3) is 10.9 Å². The lowest BCUT2D eigenvalue weighted by molar-refractivity contribution is 0.0925. The van der Waals surface area contributed by atoms with Crippen molar-refractivity contribution < 1.29 is 14.0 Å². The van der Waals surface area contributed by atoms with Gasteiger partial charge in [-0.25, -0.2) is 9.29 Å². The Labute approximate surface area is 137 Å². The largest absolute Gasteiger partial charge is 0.268 e. The minimum atomic E-state index is -0.606. The average Bonchev–Trinajstić information content (AvgIpc) is 2.82. The smallest absolute Gasteiger partial charge is 0.268 e. The van der Waals surface area contributed by atoms with Gasteiger partial charge in [-0.3, -0.25) is 14.6 Å². The van der Waals surface area contributed by atoms with Gasteiger partial charge in [0, 0.05) is 5.39 Å². The van der Waals surface area contributed by atoms with Crippen molar-refractivity contribution in [3.8, 4) is 0 Å². The molecule has 0 saturated carbocycles. The number of hydrogen-bond acceptors (Lipinski definition) is 3. The summed E-state index contributed by atoms with van der Waals surface area (Å²) in [5.74, 6) is -1.65. The van der Waals surface area contributed by atoms with Crippen molar-refractivity contribution in [2.75, 3.05) is 4.90 Å². The molecule has 1 aliphatic heterocycles. The zero-order chi connectivity index (χ0) is 17.0. The number of anilines is 1. The zero-order valence-corrected chi connectivity index (χ0v) is 13.1. The van der Waals surface area contributed by atoms with Gasteiger partial charge in [0.1, 0.15) is 5.82 Å². The van der Waals surface area contributed by atoms with E-state index in [2.05, 4.69) is 4.98 Å². The fraction of sp³-hybridized carbons (Fsp3) is 0.105. The first kappa shape index (κ1) is 14.5. The molecule has 2 heterocycles. The molecule has 0 fully saturated rings. The second kappa shape index (κ2) is 4.96. The molecule has 1 aliphatic rings. The number of carbonyl (C=O) groups is 2. The van der Waals surface area contributed by atoms with E-state index < -0.39 is 17.6 Å². The first-order valence-corrected chi connectivity index (χ1v) is 7.53. The monoisotopic (exact) mass is 320 g/mol. The number of rotatable bonds is 1. The number of hydrogen-bond donors (Lipinski definition) is 0. The van der Waals surface area contributed by atoms with E-state index in [0.29, 0.717) is 22.2 Å². The van der Waals surface area contributed by atoms with Crippen molar-refractivity contribution in [1.82, 2.24) is 4.98 Å². The Morgan fingerprint density at radius 3 is 2.46 bits per heavy atom. The van der Waals surface area contributed by atoms with Crippen LogP contribution in [-0.4, -0.2) is 16.8 Å². The van der Waals surface area contributed by atoms with Crippen molar-refractivity contribution in [2.45, 2.75) is 13.8 Å². The lowest BCUT2D eigenvalue weighted by Gasteiger charge is -2.15. The normalized spacial score (nSPS) is 13.7. The molecule has 0 radical (unpaired) electrons. The van der Waals surface area contributed by atoms with Gasteiger partial charge in [0.05, 0.1) is 28.0 Å². The van der Waals surface area contributed by atoms with E-state index in [4.69, 9.17) is 0 Å². The van der Waals surface area contributed by atoms with Gasteiger partial charge in [-0.05, 0) is 37.6 Å². The molecule has 4 rings (SSSR count). The van der Waals surface area contributed by atoms with E-state index in [1.54, 1.807) is 38.1 Å². The second-order valence-electron chi connectivity index (χ2n) is 5.86. The highest BCUT2D eigenvalue weighted by molar-refractivity contribution is 6.37. The summed E-state index contributed by atoms with van der Waals surface area (Å²) in [6, 6.07) is 11.5. The molecule has 0 saturated heterocycles. The van der Waals surface area contributed by atoms with E-state index in [1.165, 1.54) is 12.1 Å². The second-order valence-corrected chi connectivity index (χ2v) is 5.86. The Morgan fingerprint density at radius 1 is 0.958 bits per heavy atom. The summed E-state index contributed by atoms with van der Waals surface area (Å²) in [5.41, 5.74) is 2.40. The number of nitrogens with zero attached hydrogens (tertiary/aromatic N) is 2. The van der Waals surface area contributed by atoms with Gasteiger partial charge < -0.3 is 0 Å². The molecule has 4 nitrogen and oxygen atoms in total. The summed E-state index contributed by atoms with van der Waals surface area (Å²) < 4.78 is 14.2. The molecule has 0 N–H and O–H groups in total. The predicted octanol–water partition coefficient (Wildman–Crippen LogP) is 3.79. The van der Waals surface area contributed by atoms with E-state index >= 15 is 0 Å². The minimum Gasteiger partial charge on any atom is -0.268 e. The van der Waals surface area contributed by atoms with Crippen LogP contribution in [0.1, 0.15) is 32.0 Å². The summed E-state index contributed by atoms with van der Waals surface area (Å²) in [4.78, 5) is 31.1. The molecule has 0 spiro atoms. The number of amides is 2. The Kier molecular flexibility index (Phi) is 3.00. The van der Waals surface area contributed by atoms with Gasteiger partial charge in [0.15, 0.2) is 0 Å². The zero-order valence-electron chi connectivity index (χ0n) is 13.1. The van der Waals surface area contributed by atoms with Gasteiger partial charge >= 0.3 is 0 Å². The third-order valence-corrected chi connectivity index (χ3v) is 4.25. The predicted molar refractivity (Wildman–Crippen MR) is 88.8 cm³/mol. The van der Waals surface area contributed by atoms with Gasteiger partial charge in [-0.15, -0.1) is 0 Å². The minimum absolute atomic E-state index is 0.0234. The third kappa shape index (κ3) is 1.88. The highest BCUT2D eigenvalue weighted by Gasteiger charge is 2.41. The van der Waals surface area contributed by atoms with E-state index in [9.17, 15) is 14.0 Å². The number of para-hydroxylation sites is 1. The number of imide groups is 1. The molecule has 0 aliphatic carbocycles. The molecular weight excluding hydrogens is 307 g/mol. The highest BCUT2D eigenvalue weighted by Crippen LogP contribution is 2.35. The van der Waals surface area contributed by atoms with Gasteiger partial charge in [-0.1, -0.05) is 24.3 Å². The van der Waals surface area contributed by atoms with E-state index in [-0.39, 0.29) is 11.3 Å².